The zero-order valence-electron chi connectivity index (χ0n) is 5.54. The molecule has 0 aromatic heterocycles. The number of hydrogen-bond acceptors (Lipinski definition) is 2. The first-order chi connectivity index (χ1) is 4.86. The van der Waals surface area contributed by atoms with E-state index in [4.69, 9.17) is 5.21 Å². The highest BCUT2D eigenvalue weighted by Crippen LogP contribution is 2.08. The lowest BCUT2D eigenvalue weighted by Gasteiger charge is -1.96. The van der Waals surface area contributed by atoms with E-state index in [0.717, 1.165) is 5.56 Å². The van der Waals surface area contributed by atoms with Gasteiger partial charge in [0, 0.05) is 0 Å². The van der Waals surface area contributed by atoms with Crippen LogP contribution in [0.1, 0.15) is 5.56 Å². The fourth-order valence-electron chi connectivity index (χ4n) is 0.694. The number of hydrogen-bond donors (Lipinski definition) is 2. The molecule has 0 unspecified atom stereocenters. The molecule has 0 saturated carbocycles. The average molecular weight is 135 g/mol. The van der Waals surface area contributed by atoms with Gasteiger partial charge in [-0.3, -0.25) is 10.7 Å². The third kappa shape index (κ3) is 1.36. The van der Waals surface area contributed by atoms with E-state index >= 15 is 0 Å². The first kappa shape index (κ1) is 6.83. The summed E-state index contributed by atoms with van der Waals surface area (Å²) in [5, 5.41) is 8.43. The van der Waals surface area contributed by atoms with Crippen molar-refractivity contribution in [2.45, 2.75) is 0 Å². The molecule has 0 aliphatic heterocycles. The molecule has 1 aromatic rings. The third-order valence-electron chi connectivity index (χ3n) is 1.28. The van der Waals surface area contributed by atoms with Gasteiger partial charge in [-0.25, -0.2) is 0 Å². The van der Waals surface area contributed by atoms with Crippen LogP contribution < -0.4 is 5.48 Å². The van der Waals surface area contributed by atoms with E-state index in [1.54, 1.807) is 18.2 Å². The van der Waals surface area contributed by atoms with Crippen molar-refractivity contribution in [2.24, 2.45) is 0 Å². The molecule has 10 heavy (non-hydrogen) atoms. The van der Waals surface area contributed by atoms with E-state index < -0.39 is 0 Å². The van der Waals surface area contributed by atoms with Gasteiger partial charge in [0.1, 0.15) is 0 Å². The molecule has 2 N–H and O–H groups in total. The first-order valence-corrected chi connectivity index (χ1v) is 2.99. The molecule has 0 aliphatic rings. The van der Waals surface area contributed by atoms with E-state index in [0.29, 0.717) is 5.69 Å². The van der Waals surface area contributed by atoms with Gasteiger partial charge in [0.2, 0.25) is 0 Å². The van der Waals surface area contributed by atoms with E-state index in [2.05, 4.69) is 6.58 Å². The van der Waals surface area contributed by atoms with Gasteiger partial charge in [-0.15, -0.1) is 0 Å². The maximum atomic E-state index is 8.43. The standard InChI is InChI=1S/C8H9NO/c1-2-7-3-5-8(9-10)6-4-7/h2-6,9-10H,1H2. The summed E-state index contributed by atoms with van der Waals surface area (Å²) in [5.41, 5.74) is 3.77. The Kier molecular flexibility index (Phi) is 2.07. The minimum Gasteiger partial charge on any atom is -0.291 e. The molecule has 1 rings (SSSR count). The SMILES string of the molecule is C=Cc1ccc(NO)cc1. The maximum absolute atomic E-state index is 8.43. The predicted octanol–water partition coefficient (Wildman–Crippen LogP) is 2.13. The lowest BCUT2D eigenvalue weighted by molar-refractivity contribution is 0.389. The van der Waals surface area contributed by atoms with Crippen LogP contribution in [0.4, 0.5) is 5.69 Å². The van der Waals surface area contributed by atoms with Crippen LogP contribution in [0, 0.1) is 0 Å². The van der Waals surface area contributed by atoms with Gasteiger partial charge in [0.15, 0.2) is 0 Å². The van der Waals surface area contributed by atoms with E-state index in [1.165, 1.54) is 0 Å². The number of benzene rings is 1. The van der Waals surface area contributed by atoms with Crippen LogP contribution >= 0.6 is 0 Å². The summed E-state index contributed by atoms with van der Waals surface area (Å²) in [7, 11) is 0. The summed E-state index contributed by atoms with van der Waals surface area (Å²) in [4.78, 5) is 0. The number of anilines is 1. The van der Waals surface area contributed by atoms with E-state index in [-0.39, 0.29) is 0 Å². The average Bonchev–Trinajstić information content (AvgIpc) is 2.05. The van der Waals surface area contributed by atoms with Crippen LogP contribution in [0.15, 0.2) is 30.8 Å². The molecule has 0 bridgehead atoms. The summed E-state index contributed by atoms with van der Waals surface area (Å²) in [6, 6.07) is 7.28. The molecule has 0 amide bonds. The highest BCUT2D eigenvalue weighted by molar-refractivity contribution is 5.52. The third-order valence-corrected chi connectivity index (χ3v) is 1.28. The number of nitrogens with one attached hydrogen (secondary N) is 1. The van der Waals surface area contributed by atoms with Crippen molar-refractivity contribution in [1.82, 2.24) is 0 Å². The van der Waals surface area contributed by atoms with Crippen molar-refractivity contribution in [1.29, 1.82) is 0 Å². The van der Waals surface area contributed by atoms with Crippen molar-refractivity contribution in [3.63, 3.8) is 0 Å². The second-order valence-electron chi connectivity index (χ2n) is 1.94. The van der Waals surface area contributed by atoms with Crippen LogP contribution in [-0.2, 0) is 0 Å². The quantitative estimate of drug-likeness (QED) is 0.609. The van der Waals surface area contributed by atoms with Gasteiger partial charge in [0.05, 0.1) is 5.69 Å². The molecule has 0 fully saturated rings. The highest BCUT2D eigenvalue weighted by Gasteiger charge is 1.86. The molecule has 0 aliphatic carbocycles. The topological polar surface area (TPSA) is 32.3 Å². The summed E-state index contributed by atoms with van der Waals surface area (Å²) < 4.78 is 0. The fraction of sp³-hybridized carbons (Fsp3) is 0. The van der Waals surface area contributed by atoms with E-state index in [9.17, 15) is 0 Å². The maximum Gasteiger partial charge on any atom is 0.0602 e. The van der Waals surface area contributed by atoms with Crippen molar-refractivity contribution in [3.8, 4) is 0 Å². The van der Waals surface area contributed by atoms with Gasteiger partial charge in [-0.2, -0.15) is 0 Å². The van der Waals surface area contributed by atoms with Crippen molar-refractivity contribution in [3.05, 3.63) is 36.4 Å². The van der Waals surface area contributed by atoms with Gasteiger partial charge in [-0.1, -0.05) is 24.8 Å². The Morgan fingerprint density at radius 2 is 1.90 bits per heavy atom. The van der Waals surface area contributed by atoms with Crippen molar-refractivity contribution in [2.75, 3.05) is 5.48 Å². The Morgan fingerprint density at radius 3 is 2.30 bits per heavy atom. The van der Waals surface area contributed by atoms with Gasteiger partial charge in [-0.05, 0) is 17.7 Å². The fourth-order valence-corrected chi connectivity index (χ4v) is 0.694. The molecule has 0 spiro atoms. The van der Waals surface area contributed by atoms with E-state index in [1.807, 2.05) is 17.6 Å². The molecule has 1 aromatic carbocycles. The molecule has 0 heterocycles. The first-order valence-electron chi connectivity index (χ1n) is 2.99. The van der Waals surface area contributed by atoms with Crippen LogP contribution in [0.2, 0.25) is 0 Å². The second kappa shape index (κ2) is 3.03. The Hall–Kier alpha value is -1.28. The van der Waals surface area contributed by atoms with Crippen LogP contribution in [0.25, 0.3) is 6.08 Å². The smallest absolute Gasteiger partial charge is 0.0602 e. The van der Waals surface area contributed by atoms with Crippen molar-refractivity contribution >= 4 is 11.8 Å². The van der Waals surface area contributed by atoms with Crippen molar-refractivity contribution < 1.29 is 5.21 Å². The molecular formula is C8H9NO. The van der Waals surface area contributed by atoms with Crippen LogP contribution in [-0.4, -0.2) is 5.21 Å². The summed E-state index contributed by atoms with van der Waals surface area (Å²) in [6.45, 7) is 3.60. The summed E-state index contributed by atoms with van der Waals surface area (Å²) >= 11 is 0. The summed E-state index contributed by atoms with van der Waals surface area (Å²) in [6.07, 6.45) is 1.75. The van der Waals surface area contributed by atoms with Gasteiger partial charge in [0.25, 0.3) is 0 Å². The molecule has 2 heteroatoms. The molecule has 0 atom stereocenters. The molecular weight excluding hydrogens is 126 g/mol. The zero-order valence-corrected chi connectivity index (χ0v) is 5.54. The monoisotopic (exact) mass is 135 g/mol. The van der Waals surface area contributed by atoms with Crippen LogP contribution in [0.5, 0.6) is 0 Å². The minimum atomic E-state index is 0.686. The second-order valence-corrected chi connectivity index (χ2v) is 1.94. The minimum absolute atomic E-state index is 0.686. The van der Waals surface area contributed by atoms with Crippen LogP contribution in [0.3, 0.4) is 0 Å². The normalized spacial score (nSPS) is 8.90. The Labute approximate surface area is 59.8 Å². The number of rotatable bonds is 2. The van der Waals surface area contributed by atoms with Gasteiger partial charge >= 0.3 is 0 Å². The molecule has 0 saturated heterocycles. The van der Waals surface area contributed by atoms with Gasteiger partial charge < -0.3 is 0 Å². The largest absolute Gasteiger partial charge is 0.291 e. The molecule has 2 nitrogen and oxygen atoms in total. The Bertz CT molecular complexity index is 215. The summed E-state index contributed by atoms with van der Waals surface area (Å²) in [5.74, 6) is 0. The lowest BCUT2D eigenvalue weighted by atomic mass is 10.2. The lowest BCUT2D eigenvalue weighted by Crippen LogP contribution is -1.87. The molecule has 0 radical (unpaired) electrons. The highest BCUT2D eigenvalue weighted by atomic mass is 16.5. The Morgan fingerprint density at radius 1 is 1.30 bits per heavy atom. The predicted molar refractivity (Wildman–Crippen MR) is 41.9 cm³/mol. The Balaban J connectivity index is 2.90. The zero-order chi connectivity index (χ0) is 7.40. The molecule has 52 valence electrons.